The highest BCUT2D eigenvalue weighted by Gasteiger charge is 2.37. The Labute approximate surface area is 260 Å². The van der Waals surface area contributed by atoms with Crippen molar-refractivity contribution in [3.63, 3.8) is 0 Å². The topological polar surface area (TPSA) is 127 Å². The first kappa shape index (κ1) is 31.8. The molecule has 1 atom stereocenters. The third kappa shape index (κ3) is 7.54. The lowest BCUT2D eigenvalue weighted by Crippen LogP contribution is -2.25. The molecule has 0 spiro atoms. The van der Waals surface area contributed by atoms with Crippen LogP contribution in [0.2, 0.25) is 5.02 Å². The van der Waals surface area contributed by atoms with Gasteiger partial charge >= 0.3 is 5.69 Å². The Bertz CT molecular complexity index is 1720. The smallest absolute Gasteiger partial charge is 0.354 e. The maximum Gasteiger partial charge on any atom is 0.354 e. The van der Waals surface area contributed by atoms with Crippen LogP contribution in [-0.4, -0.2) is 39.0 Å². The predicted octanol–water partition coefficient (Wildman–Crippen LogP) is 6.32. The summed E-state index contributed by atoms with van der Waals surface area (Å²) in [6.07, 6.45) is 8.62. The molecule has 0 aliphatic heterocycles. The summed E-state index contributed by atoms with van der Waals surface area (Å²) in [5, 5.41) is 4.02. The molecule has 5 rings (SSSR count). The Morgan fingerprint density at radius 1 is 1.23 bits per heavy atom. The lowest BCUT2D eigenvalue weighted by Gasteiger charge is -2.20. The number of aromatic amines is 1. The van der Waals surface area contributed by atoms with Gasteiger partial charge in [-0.05, 0) is 94.3 Å². The third-order valence-corrected chi connectivity index (χ3v) is 8.50. The first-order valence-corrected chi connectivity index (χ1v) is 15.6. The zero-order valence-electron chi connectivity index (χ0n) is 25.2. The van der Waals surface area contributed by atoms with E-state index in [0.29, 0.717) is 52.5 Å². The van der Waals surface area contributed by atoms with Gasteiger partial charge < -0.3 is 21.8 Å². The summed E-state index contributed by atoms with van der Waals surface area (Å²) in [5.41, 5.74) is 14.0. The molecule has 0 amide bonds. The van der Waals surface area contributed by atoms with E-state index in [1.165, 1.54) is 10.6 Å². The van der Waals surface area contributed by atoms with Gasteiger partial charge in [0.25, 0.3) is 0 Å². The van der Waals surface area contributed by atoms with E-state index in [-0.39, 0.29) is 16.6 Å². The lowest BCUT2D eigenvalue weighted by atomic mass is 10.0. The third-order valence-electron chi connectivity index (χ3n) is 8.22. The molecule has 0 saturated heterocycles. The Balaban J connectivity index is 1.37. The number of hydrogen-bond donors (Lipinski definition) is 4. The van der Waals surface area contributed by atoms with Gasteiger partial charge in [0.2, 0.25) is 0 Å². The van der Waals surface area contributed by atoms with Crippen LogP contribution in [0.4, 0.5) is 8.78 Å². The van der Waals surface area contributed by atoms with Crippen molar-refractivity contribution in [2.45, 2.75) is 76.8 Å². The maximum atomic E-state index is 15.5. The number of H-pyrrole nitrogens is 1. The van der Waals surface area contributed by atoms with Crippen LogP contribution < -0.4 is 22.5 Å². The number of nitrogens with two attached hydrogens (primary N) is 2. The Hall–Kier alpha value is -3.60. The second-order valence-electron chi connectivity index (χ2n) is 11.9. The number of halogens is 3. The van der Waals surface area contributed by atoms with E-state index < -0.39 is 17.3 Å². The predicted molar refractivity (Wildman–Crippen MR) is 174 cm³/mol. The molecule has 8 nitrogen and oxygen atoms in total. The summed E-state index contributed by atoms with van der Waals surface area (Å²) in [7, 11) is 0. The SMILES string of the molecule is CCCC(NCCCN=C(C)N)c1ccc(-n2cc3cc(-c4cc(CCCC5(N)CC5)cc(Cl)c4F)[nH]c3nc2=O)cc1F. The summed E-state index contributed by atoms with van der Waals surface area (Å²) < 4.78 is 31.9. The molecule has 2 aromatic heterocycles. The molecule has 234 valence electrons. The zero-order chi connectivity index (χ0) is 31.4. The number of nitrogens with one attached hydrogen (secondary N) is 2. The van der Waals surface area contributed by atoms with Crippen molar-refractivity contribution in [2.75, 3.05) is 13.1 Å². The molecule has 0 radical (unpaired) electrons. The Kier molecular flexibility index (Phi) is 9.82. The van der Waals surface area contributed by atoms with E-state index in [2.05, 4.69) is 27.2 Å². The van der Waals surface area contributed by atoms with Gasteiger partial charge in [-0.15, -0.1) is 0 Å². The van der Waals surface area contributed by atoms with Gasteiger partial charge in [-0.1, -0.05) is 31.0 Å². The standard InChI is InChI=1S/C33H40ClF2N7O/c1-3-6-28(40-14-5-13-39-20(2)37)24-9-8-23(18-27(24)35)43-19-22-17-29(41-31(22)42-32(43)44)25-15-21(16-26(34)30(25)36)7-4-10-33(38)11-12-33/h8-9,15-19,28,40H,3-7,10-14,38H2,1-2H3,(H2,37,39)(H,41,42,44). The van der Waals surface area contributed by atoms with Crippen LogP contribution >= 0.6 is 11.6 Å². The van der Waals surface area contributed by atoms with Crippen molar-refractivity contribution in [3.05, 3.63) is 80.9 Å². The minimum absolute atomic E-state index is 0.0307. The van der Waals surface area contributed by atoms with Gasteiger partial charge in [0.05, 0.1) is 22.2 Å². The molecule has 11 heteroatoms. The number of amidine groups is 1. The van der Waals surface area contributed by atoms with Crippen LogP contribution in [0.15, 0.2) is 52.4 Å². The molecule has 1 unspecified atom stereocenters. The summed E-state index contributed by atoms with van der Waals surface area (Å²) >= 11 is 6.27. The van der Waals surface area contributed by atoms with Crippen molar-refractivity contribution < 1.29 is 8.78 Å². The summed E-state index contributed by atoms with van der Waals surface area (Å²) in [6, 6.07) is 9.73. The number of aryl methyl sites for hydroxylation is 1. The second-order valence-corrected chi connectivity index (χ2v) is 12.3. The van der Waals surface area contributed by atoms with E-state index in [9.17, 15) is 4.79 Å². The normalized spacial score (nSPS) is 15.2. The fourth-order valence-electron chi connectivity index (χ4n) is 5.58. The van der Waals surface area contributed by atoms with Crippen LogP contribution in [0.5, 0.6) is 0 Å². The van der Waals surface area contributed by atoms with Gasteiger partial charge in [-0.2, -0.15) is 4.98 Å². The van der Waals surface area contributed by atoms with Crippen molar-refractivity contribution in [2.24, 2.45) is 16.5 Å². The quantitative estimate of drug-likeness (QED) is 0.0742. The molecule has 44 heavy (non-hydrogen) atoms. The van der Waals surface area contributed by atoms with E-state index in [1.807, 2.05) is 0 Å². The number of rotatable bonds is 14. The van der Waals surface area contributed by atoms with Gasteiger partial charge in [0.1, 0.15) is 11.5 Å². The van der Waals surface area contributed by atoms with Crippen molar-refractivity contribution in [3.8, 4) is 16.9 Å². The number of nitrogens with zero attached hydrogens (tertiary/aromatic N) is 3. The van der Waals surface area contributed by atoms with Crippen LogP contribution in [0.25, 0.3) is 28.0 Å². The van der Waals surface area contributed by atoms with E-state index in [4.69, 9.17) is 23.1 Å². The fraction of sp³-hybridized carbons (Fsp3) is 0.424. The summed E-state index contributed by atoms with van der Waals surface area (Å²) in [5.74, 6) is -0.423. The van der Waals surface area contributed by atoms with Gasteiger partial charge in [0.15, 0.2) is 5.82 Å². The molecule has 2 heterocycles. The minimum atomic E-state index is -0.583. The molecule has 2 aromatic carbocycles. The molecule has 1 fully saturated rings. The molecule has 0 bridgehead atoms. The van der Waals surface area contributed by atoms with Gasteiger partial charge in [0, 0.05) is 40.8 Å². The highest BCUT2D eigenvalue weighted by Crippen LogP contribution is 2.37. The number of fused-ring (bicyclic) bond motifs is 1. The Morgan fingerprint density at radius 3 is 2.73 bits per heavy atom. The first-order valence-electron chi connectivity index (χ1n) is 15.3. The van der Waals surface area contributed by atoms with Crippen molar-refractivity contribution in [1.82, 2.24) is 19.9 Å². The molecule has 1 aliphatic carbocycles. The molecule has 6 N–H and O–H groups in total. The van der Waals surface area contributed by atoms with Crippen LogP contribution in [0, 0.1) is 11.6 Å². The van der Waals surface area contributed by atoms with Crippen LogP contribution in [-0.2, 0) is 6.42 Å². The molecule has 1 saturated carbocycles. The lowest BCUT2D eigenvalue weighted by molar-refractivity contribution is 0.466. The molecule has 4 aromatic rings. The molecule has 1 aliphatic rings. The largest absolute Gasteiger partial charge is 0.388 e. The zero-order valence-corrected chi connectivity index (χ0v) is 26.0. The second kappa shape index (κ2) is 13.6. The molecular weight excluding hydrogens is 584 g/mol. The van der Waals surface area contributed by atoms with E-state index in [0.717, 1.165) is 56.9 Å². The van der Waals surface area contributed by atoms with Crippen molar-refractivity contribution >= 4 is 28.5 Å². The summed E-state index contributed by atoms with van der Waals surface area (Å²) in [4.78, 5) is 24.4. The minimum Gasteiger partial charge on any atom is -0.388 e. The van der Waals surface area contributed by atoms with Crippen molar-refractivity contribution in [1.29, 1.82) is 0 Å². The van der Waals surface area contributed by atoms with Crippen LogP contribution in [0.1, 0.15) is 76.0 Å². The van der Waals surface area contributed by atoms with Gasteiger partial charge in [-0.3, -0.25) is 9.56 Å². The number of hydrogen-bond acceptors (Lipinski definition) is 5. The van der Waals surface area contributed by atoms with Crippen LogP contribution in [0.3, 0.4) is 0 Å². The number of aromatic nitrogens is 3. The first-order chi connectivity index (χ1) is 21.1. The molecular formula is C33H40ClF2N7O. The van der Waals surface area contributed by atoms with E-state index >= 15 is 8.78 Å². The average Bonchev–Trinajstić information content (AvgIpc) is 3.57. The van der Waals surface area contributed by atoms with E-state index in [1.54, 1.807) is 43.5 Å². The Morgan fingerprint density at radius 2 is 2.02 bits per heavy atom. The fourth-order valence-corrected chi connectivity index (χ4v) is 5.82. The highest BCUT2D eigenvalue weighted by atomic mass is 35.5. The average molecular weight is 624 g/mol. The monoisotopic (exact) mass is 623 g/mol. The summed E-state index contributed by atoms with van der Waals surface area (Å²) in [6.45, 7) is 5.08. The van der Waals surface area contributed by atoms with Gasteiger partial charge in [-0.25, -0.2) is 13.6 Å². The maximum absolute atomic E-state index is 15.5. The number of aliphatic imine (C=N–C) groups is 1. The highest BCUT2D eigenvalue weighted by molar-refractivity contribution is 6.31. The number of benzene rings is 2.